The normalized spacial score (nSPS) is 19.2. The molecule has 2 heteroatoms. The molecule has 2 saturated carbocycles. The van der Waals surface area contributed by atoms with Crippen molar-refractivity contribution in [3.8, 4) is 0 Å². The highest BCUT2D eigenvalue weighted by atomic mass is 15.2. The van der Waals surface area contributed by atoms with Gasteiger partial charge >= 0.3 is 0 Å². The van der Waals surface area contributed by atoms with Gasteiger partial charge in [-0.2, -0.15) is 0 Å². The highest BCUT2D eigenvalue weighted by molar-refractivity contribution is 5.63. The average molecular weight is 349 g/mol. The van der Waals surface area contributed by atoms with E-state index in [1.165, 1.54) is 75.6 Å². The molecular formula is C24H32N2. The van der Waals surface area contributed by atoms with Crippen molar-refractivity contribution in [2.24, 2.45) is 0 Å². The minimum atomic E-state index is 0.750. The first-order valence-electron chi connectivity index (χ1n) is 10.6. The summed E-state index contributed by atoms with van der Waals surface area (Å²) >= 11 is 0. The van der Waals surface area contributed by atoms with E-state index < -0.39 is 0 Å². The standard InChI is InChI=1S/C24H32N2/c1-4-10-20(11-5-1)25-21-16-18-24(19-17-21)26(22-12-6-2-7-13-22)23-14-8-3-9-15-23/h1,4-5,10-11,16-19,22-23,25H,2-3,6-9,12-15H2. The van der Waals surface area contributed by atoms with Crippen LogP contribution in [0.3, 0.4) is 0 Å². The molecule has 0 amide bonds. The Morgan fingerprint density at radius 2 is 1.08 bits per heavy atom. The Hall–Kier alpha value is -1.96. The maximum atomic E-state index is 3.51. The molecule has 0 aromatic heterocycles. The summed E-state index contributed by atoms with van der Waals surface area (Å²) < 4.78 is 0. The van der Waals surface area contributed by atoms with Gasteiger partial charge in [-0.15, -0.1) is 0 Å². The minimum Gasteiger partial charge on any atom is -0.366 e. The molecule has 2 aromatic rings. The van der Waals surface area contributed by atoms with Crippen LogP contribution >= 0.6 is 0 Å². The molecule has 2 aromatic carbocycles. The van der Waals surface area contributed by atoms with E-state index in [2.05, 4.69) is 64.8 Å². The second-order valence-corrected chi connectivity index (χ2v) is 8.03. The van der Waals surface area contributed by atoms with Crippen LogP contribution in [0.25, 0.3) is 0 Å². The topological polar surface area (TPSA) is 15.3 Å². The molecule has 0 bridgehead atoms. The number of hydrogen-bond acceptors (Lipinski definition) is 2. The second-order valence-electron chi connectivity index (χ2n) is 8.03. The number of nitrogens with zero attached hydrogens (tertiary/aromatic N) is 1. The van der Waals surface area contributed by atoms with Crippen molar-refractivity contribution in [2.75, 3.05) is 10.2 Å². The van der Waals surface area contributed by atoms with E-state index in [9.17, 15) is 0 Å². The van der Waals surface area contributed by atoms with Crippen LogP contribution in [0.2, 0.25) is 0 Å². The Morgan fingerprint density at radius 3 is 1.62 bits per heavy atom. The van der Waals surface area contributed by atoms with Gasteiger partial charge in [0, 0.05) is 29.1 Å². The summed E-state index contributed by atoms with van der Waals surface area (Å²) in [6.07, 6.45) is 14.0. The quantitative estimate of drug-likeness (QED) is 0.632. The van der Waals surface area contributed by atoms with Crippen molar-refractivity contribution in [3.63, 3.8) is 0 Å². The van der Waals surface area contributed by atoms with Crippen molar-refractivity contribution in [2.45, 2.75) is 76.3 Å². The van der Waals surface area contributed by atoms with E-state index in [0.29, 0.717) is 0 Å². The number of nitrogens with one attached hydrogen (secondary N) is 1. The second kappa shape index (κ2) is 8.62. The van der Waals surface area contributed by atoms with E-state index in [-0.39, 0.29) is 0 Å². The molecule has 2 nitrogen and oxygen atoms in total. The fourth-order valence-electron chi connectivity index (χ4n) is 4.84. The Balaban J connectivity index is 1.52. The van der Waals surface area contributed by atoms with Crippen LogP contribution < -0.4 is 10.2 Å². The summed E-state index contributed by atoms with van der Waals surface area (Å²) in [4.78, 5) is 2.81. The van der Waals surface area contributed by atoms with Gasteiger partial charge in [-0.1, -0.05) is 56.7 Å². The molecule has 2 aliphatic carbocycles. The smallest absolute Gasteiger partial charge is 0.0385 e. The predicted molar refractivity (Wildman–Crippen MR) is 112 cm³/mol. The van der Waals surface area contributed by atoms with Crippen molar-refractivity contribution in [3.05, 3.63) is 54.6 Å². The van der Waals surface area contributed by atoms with Crippen LogP contribution in [0.1, 0.15) is 64.2 Å². The highest BCUT2D eigenvalue weighted by Crippen LogP contribution is 2.35. The van der Waals surface area contributed by atoms with Gasteiger partial charge in [-0.05, 0) is 62.1 Å². The lowest BCUT2D eigenvalue weighted by molar-refractivity contribution is 0.340. The van der Waals surface area contributed by atoms with Gasteiger partial charge in [-0.3, -0.25) is 0 Å². The Labute approximate surface area is 158 Å². The molecule has 0 heterocycles. The van der Waals surface area contributed by atoms with E-state index >= 15 is 0 Å². The zero-order valence-electron chi connectivity index (χ0n) is 15.9. The lowest BCUT2D eigenvalue weighted by Crippen LogP contribution is -2.45. The first-order valence-corrected chi connectivity index (χ1v) is 10.6. The first kappa shape index (κ1) is 17.5. The minimum absolute atomic E-state index is 0.750. The Kier molecular flexibility index (Phi) is 5.78. The summed E-state index contributed by atoms with van der Waals surface area (Å²) in [5.41, 5.74) is 3.76. The summed E-state index contributed by atoms with van der Waals surface area (Å²) in [6.45, 7) is 0. The van der Waals surface area contributed by atoms with Crippen molar-refractivity contribution < 1.29 is 0 Å². The van der Waals surface area contributed by atoms with Gasteiger partial charge in [0.2, 0.25) is 0 Å². The highest BCUT2D eigenvalue weighted by Gasteiger charge is 2.28. The van der Waals surface area contributed by atoms with Crippen LogP contribution in [0.15, 0.2) is 54.6 Å². The lowest BCUT2D eigenvalue weighted by Gasteiger charge is -2.43. The van der Waals surface area contributed by atoms with Gasteiger partial charge in [-0.25, -0.2) is 0 Å². The number of rotatable bonds is 5. The van der Waals surface area contributed by atoms with E-state index in [1.54, 1.807) is 0 Å². The molecule has 138 valence electrons. The average Bonchev–Trinajstić information content (AvgIpc) is 2.72. The monoisotopic (exact) mass is 348 g/mol. The number of benzene rings is 2. The zero-order chi connectivity index (χ0) is 17.6. The van der Waals surface area contributed by atoms with Crippen molar-refractivity contribution >= 4 is 17.1 Å². The lowest BCUT2D eigenvalue weighted by atomic mass is 9.88. The SMILES string of the molecule is c1ccc(Nc2ccc(N(C3CCCCC3)C3CCCCC3)cc2)cc1. The summed E-state index contributed by atoms with van der Waals surface area (Å²) in [7, 11) is 0. The third-order valence-electron chi connectivity index (χ3n) is 6.16. The molecule has 2 aliphatic rings. The zero-order valence-corrected chi connectivity index (χ0v) is 15.9. The largest absolute Gasteiger partial charge is 0.366 e. The van der Waals surface area contributed by atoms with Crippen LogP contribution in [0.4, 0.5) is 17.1 Å². The Morgan fingerprint density at radius 1 is 0.577 bits per heavy atom. The third kappa shape index (κ3) is 4.23. The first-order chi connectivity index (χ1) is 12.9. The fraction of sp³-hybridized carbons (Fsp3) is 0.500. The number of hydrogen-bond donors (Lipinski definition) is 1. The van der Waals surface area contributed by atoms with Crippen LogP contribution in [-0.4, -0.2) is 12.1 Å². The molecule has 0 radical (unpaired) electrons. The molecule has 0 saturated heterocycles. The van der Waals surface area contributed by atoms with E-state index in [1.807, 2.05) is 0 Å². The molecule has 1 N–H and O–H groups in total. The van der Waals surface area contributed by atoms with Gasteiger partial charge in [0.05, 0.1) is 0 Å². The van der Waals surface area contributed by atoms with Crippen molar-refractivity contribution in [1.82, 2.24) is 0 Å². The molecule has 26 heavy (non-hydrogen) atoms. The van der Waals surface area contributed by atoms with Crippen LogP contribution in [0, 0.1) is 0 Å². The maximum absolute atomic E-state index is 3.51. The molecule has 2 fully saturated rings. The van der Waals surface area contributed by atoms with Gasteiger partial charge in [0.1, 0.15) is 0 Å². The fourth-order valence-corrected chi connectivity index (χ4v) is 4.84. The summed E-state index contributed by atoms with van der Waals surface area (Å²) in [5, 5.41) is 3.51. The van der Waals surface area contributed by atoms with Gasteiger partial charge in [0.15, 0.2) is 0 Å². The predicted octanol–water partition coefficient (Wildman–Crippen LogP) is 6.90. The molecular weight excluding hydrogens is 316 g/mol. The van der Waals surface area contributed by atoms with Gasteiger partial charge in [0.25, 0.3) is 0 Å². The molecule has 0 aliphatic heterocycles. The van der Waals surface area contributed by atoms with E-state index in [0.717, 1.165) is 17.8 Å². The molecule has 0 unspecified atom stereocenters. The van der Waals surface area contributed by atoms with Gasteiger partial charge < -0.3 is 10.2 Å². The summed E-state index contributed by atoms with van der Waals surface area (Å²) in [6, 6.07) is 21.1. The Bertz CT molecular complexity index is 634. The summed E-state index contributed by atoms with van der Waals surface area (Å²) in [5.74, 6) is 0. The van der Waals surface area contributed by atoms with Crippen LogP contribution in [0.5, 0.6) is 0 Å². The molecule has 4 rings (SSSR count). The van der Waals surface area contributed by atoms with Crippen LogP contribution in [-0.2, 0) is 0 Å². The number of para-hydroxylation sites is 1. The molecule has 0 atom stereocenters. The third-order valence-corrected chi connectivity index (χ3v) is 6.16. The number of anilines is 3. The van der Waals surface area contributed by atoms with Crippen molar-refractivity contribution in [1.29, 1.82) is 0 Å². The molecule has 0 spiro atoms. The maximum Gasteiger partial charge on any atom is 0.0385 e. The van der Waals surface area contributed by atoms with E-state index in [4.69, 9.17) is 0 Å².